The molecule has 0 aromatic heterocycles. The molecule has 0 aromatic rings. The average Bonchev–Trinajstić information content (AvgIpc) is 3.00. The molecular formula is C17H28O6. The standard InChI is InChI=1S/C17H28O6/c1-12(20-16(18)22-14-8-4-3-5-9-14)13(2)21-17(19)23-15-10-6-7-11-15/h12-15H,3-11H2,1-2H3. The van der Waals surface area contributed by atoms with Crippen LogP contribution < -0.4 is 0 Å². The second-order valence-corrected chi connectivity index (χ2v) is 6.55. The van der Waals surface area contributed by atoms with Crippen molar-refractivity contribution in [2.75, 3.05) is 0 Å². The van der Waals surface area contributed by atoms with Crippen molar-refractivity contribution < 1.29 is 28.5 Å². The molecule has 2 aliphatic carbocycles. The molecule has 0 radical (unpaired) electrons. The minimum atomic E-state index is -0.694. The first kappa shape index (κ1) is 17.9. The molecule has 0 aromatic carbocycles. The van der Waals surface area contributed by atoms with E-state index in [0.29, 0.717) is 0 Å². The molecule has 0 aliphatic heterocycles. The van der Waals surface area contributed by atoms with E-state index in [1.165, 1.54) is 6.42 Å². The summed E-state index contributed by atoms with van der Waals surface area (Å²) in [5.74, 6) is 0. The Hall–Kier alpha value is -1.46. The highest BCUT2D eigenvalue weighted by Crippen LogP contribution is 2.22. The maximum atomic E-state index is 11.8. The summed E-state index contributed by atoms with van der Waals surface area (Å²) in [6.07, 6.45) is 6.46. The maximum Gasteiger partial charge on any atom is 0.508 e. The third-order valence-electron chi connectivity index (χ3n) is 4.61. The van der Waals surface area contributed by atoms with E-state index in [1.807, 2.05) is 0 Å². The first-order chi connectivity index (χ1) is 11.0. The Bertz CT molecular complexity index is 385. The molecular weight excluding hydrogens is 300 g/mol. The molecule has 2 atom stereocenters. The van der Waals surface area contributed by atoms with Gasteiger partial charge in [-0.15, -0.1) is 0 Å². The minimum Gasteiger partial charge on any atom is -0.431 e. The van der Waals surface area contributed by atoms with Crippen LogP contribution in [0.25, 0.3) is 0 Å². The highest BCUT2D eigenvalue weighted by Gasteiger charge is 2.26. The van der Waals surface area contributed by atoms with Crippen LogP contribution in [0.2, 0.25) is 0 Å². The van der Waals surface area contributed by atoms with Crippen molar-refractivity contribution in [1.29, 1.82) is 0 Å². The molecule has 2 saturated carbocycles. The van der Waals surface area contributed by atoms with Crippen LogP contribution in [-0.4, -0.2) is 36.7 Å². The van der Waals surface area contributed by atoms with Crippen LogP contribution in [0.5, 0.6) is 0 Å². The quantitative estimate of drug-likeness (QED) is 0.699. The van der Waals surface area contributed by atoms with E-state index in [9.17, 15) is 9.59 Å². The highest BCUT2D eigenvalue weighted by atomic mass is 16.8. The van der Waals surface area contributed by atoms with Crippen molar-refractivity contribution in [2.45, 2.75) is 96.1 Å². The van der Waals surface area contributed by atoms with Gasteiger partial charge in [0.2, 0.25) is 0 Å². The largest absolute Gasteiger partial charge is 0.508 e. The number of ether oxygens (including phenoxy) is 4. The van der Waals surface area contributed by atoms with E-state index in [1.54, 1.807) is 13.8 Å². The summed E-state index contributed by atoms with van der Waals surface area (Å²) < 4.78 is 20.9. The van der Waals surface area contributed by atoms with Crippen molar-refractivity contribution in [3.05, 3.63) is 0 Å². The third-order valence-corrected chi connectivity index (χ3v) is 4.61. The summed E-state index contributed by atoms with van der Waals surface area (Å²) in [4.78, 5) is 23.5. The fourth-order valence-electron chi connectivity index (χ4n) is 3.01. The van der Waals surface area contributed by atoms with Crippen LogP contribution in [0.4, 0.5) is 9.59 Å². The monoisotopic (exact) mass is 328 g/mol. The molecule has 0 amide bonds. The van der Waals surface area contributed by atoms with E-state index in [-0.39, 0.29) is 12.2 Å². The van der Waals surface area contributed by atoms with Gasteiger partial charge >= 0.3 is 12.3 Å². The van der Waals surface area contributed by atoms with E-state index >= 15 is 0 Å². The smallest absolute Gasteiger partial charge is 0.431 e. The predicted molar refractivity (Wildman–Crippen MR) is 83.2 cm³/mol. The first-order valence-corrected chi connectivity index (χ1v) is 8.79. The minimum absolute atomic E-state index is 0.0396. The van der Waals surface area contributed by atoms with Gasteiger partial charge in [0, 0.05) is 0 Å². The summed E-state index contributed by atoms with van der Waals surface area (Å²) >= 11 is 0. The molecule has 0 N–H and O–H groups in total. The van der Waals surface area contributed by atoms with Crippen LogP contribution in [0.1, 0.15) is 71.6 Å². The van der Waals surface area contributed by atoms with Gasteiger partial charge in [-0.05, 0) is 65.2 Å². The van der Waals surface area contributed by atoms with E-state index in [2.05, 4.69) is 0 Å². The lowest BCUT2D eigenvalue weighted by atomic mass is 9.98. The Morgan fingerprint density at radius 3 is 1.43 bits per heavy atom. The number of hydrogen-bond acceptors (Lipinski definition) is 6. The molecule has 2 fully saturated rings. The molecule has 2 aliphatic rings. The summed E-state index contributed by atoms with van der Waals surface area (Å²) in [6, 6.07) is 0. The molecule has 2 rings (SSSR count). The second kappa shape index (κ2) is 8.99. The van der Waals surface area contributed by atoms with Crippen LogP contribution in [-0.2, 0) is 18.9 Å². The average molecular weight is 328 g/mol. The van der Waals surface area contributed by atoms with Gasteiger partial charge in [0.1, 0.15) is 24.4 Å². The molecule has 0 spiro atoms. The molecule has 6 heteroatoms. The van der Waals surface area contributed by atoms with Crippen molar-refractivity contribution in [3.63, 3.8) is 0 Å². The van der Waals surface area contributed by atoms with E-state index < -0.39 is 24.5 Å². The number of rotatable bonds is 5. The molecule has 2 unspecified atom stereocenters. The zero-order valence-corrected chi connectivity index (χ0v) is 14.1. The lowest BCUT2D eigenvalue weighted by molar-refractivity contribution is -0.0606. The number of hydrogen-bond donors (Lipinski definition) is 0. The summed E-state index contributed by atoms with van der Waals surface area (Å²) in [5.41, 5.74) is 0. The number of carbonyl (C=O) groups is 2. The molecule has 23 heavy (non-hydrogen) atoms. The molecule has 0 heterocycles. The van der Waals surface area contributed by atoms with Crippen molar-refractivity contribution in [2.24, 2.45) is 0 Å². The molecule has 132 valence electrons. The normalized spacial score (nSPS) is 22.2. The maximum absolute atomic E-state index is 11.8. The Kier molecular flexibility index (Phi) is 6.99. The zero-order valence-electron chi connectivity index (χ0n) is 14.1. The second-order valence-electron chi connectivity index (χ2n) is 6.55. The number of carbonyl (C=O) groups excluding carboxylic acids is 2. The Morgan fingerprint density at radius 2 is 1.04 bits per heavy atom. The van der Waals surface area contributed by atoms with Crippen LogP contribution in [0.3, 0.4) is 0 Å². The SMILES string of the molecule is CC(OC(=O)OC1CCCCC1)C(C)OC(=O)OC1CCCC1. The highest BCUT2D eigenvalue weighted by molar-refractivity contribution is 5.61. The molecule has 0 saturated heterocycles. The van der Waals surface area contributed by atoms with Gasteiger partial charge in [0.05, 0.1) is 0 Å². The Labute approximate surface area is 137 Å². The van der Waals surface area contributed by atoms with Crippen LogP contribution >= 0.6 is 0 Å². The van der Waals surface area contributed by atoms with Gasteiger partial charge in [-0.1, -0.05) is 6.42 Å². The van der Waals surface area contributed by atoms with Gasteiger partial charge < -0.3 is 18.9 Å². The Balaban J connectivity index is 1.65. The zero-order chi connectivity index (χ0) is 16.7. The topological polar surface area (TPSA) is 71.1 Å². The van der Waals surface area contributed by atoms with Crippen molar-refractivity contribution in [3.8, 4) is 0 Å². The summed E-state index contributed by atoms with van der Waals surface area (Å²) in [6.45, 7) is 3.35. The van der Waals surface area contributed by atoms with Crippen LogP contribution in [0.15, 0.2) is 0 Å². The van der Waals surface area contributed by atoms with Gasteiger partial charge in [0.15, 0.2) is 0 Å². The lowest BCUT2D eigenvalue weighted by Crippen LogP contribution is -2.33. The molecule has 6 nitrogen and oxygen atoms in total. The molecule has 0 bridgehead atoms. The van der Waals surface area contributed by atoms with Crippen LogP contribution in [0, 0.1) is 0 Å². The van der Waals surface area contributed by atoms with Crippen molar-refractivity contribution in [1.82, 2.24) is 0 Å². The van der Waals surface area contributed by atoms with E-state index in [0.717, 1.165) is 51.4 Å². The lowest BCUT2D eigenvalue weighted by Gasteiger charge is -2.24. The predicted octanol–water partition coefficient (Wildman–Crippen LogP) is 4.35. The third kappa shape index (κ3) is 6.28. The van der Waals surface area contributed by atoms with Crippen molar-refractivity contribution >= 4 is 12.3 Å². The summed E-state index contributed by atoms with van der Waals surface area (Å²) in [7, 11) is 0. The van der Waals surface area contributed by atoms with E-state index in [4.69, 9.17) is 18.9 Å². The first-order valence-electron chi connectivity index (χ1n) is 8.79. The fourth-order valence-corrected chi connectivity index (χ4v) is 3.01. The Morgan fingerprint density at radius 1 is 0.696 bits per heavy atom. The van der Waals surface area contributed by atoms with Gasteiger partial charge in [-0.3, -0.25) is 0 Å². The summed E-state index contributed by atoms with van der Waals surface area (Å²) in [5, 5.41) is 0. The van der Waals surface area contributed by atoms with Gasteiger partial charge in [-0.2, -0.15) is 0 Å². The fraction of sp³-hybridized carbons (Fsp3) is 0.882. The van der Waals surface area contributed by atoms with Gasteiger partial charge in [-0.25, -0.2) is 9.59 Å². The van der Waals surface area contributed by atoms with Gasteiger partial charge in [0.25, 0.3) is 0 Å².